The summed E-state index contributed by atoms with van der Waals surface area (Å²) in [7, 11) is 0. The van der Waals surface area contributed by atoms with Crippen LogP contribution < -0.4 is 10.3 Å². The fraction of sp³-hybridized carbons (Fsp3) is 0.172. The molecule has 4 nitrogen and oxygen atoms in total. The SMILES string of the molecule is CSc1ccc(Oc2ccc(-c3cc(C)c(C#N)c(=O)n3Cc3ccc(C)cc3C)cc2)cc1. The highest BCUT2D eigenvalue weighted by atomic mass is 32.2. The molecule has 0 N–H and O–H groups in total. The summed E-state index contributed by atoms with van der Waals surface area (Å²) in [5.41, 5.74) is 5.59. The number of nitrogens with zero attached hydrogens (tertiary/aromatic N) is 2. The summed E-state index contributed by atoms with van der Waals surface area (Å²) in [6.45, 7) is 6.30. The van der Waals surface area contributed by atoms with E-state index in [4.69, 9.17) is 4.74 Å². The number of pyridine rings is 1. The molecule has 4 aromatic rings. The number of nitriles is 1. The first kappa shape index (κ1) is 23.4. The van der Waals surface area contributed by atoms with E-state index in [0.717, 1.165) is 28.1 Å². The Bertz CT molecular complexity index is 1430. The van der Waals surface area contributed by atoms with E-state index in [2.05, 4.69) is 19.1 Å². The fourth-order valence-electron chi connectivity index (χ4n) is 3.97. The zero-order chi connectivity index (χ0) is 24.2. The molecular formula is C29H26N2O2S. The zero-order valence-corrected chi connectivity index (χ0v) is 20.6. The van der Waals surface area contributed by atoms with Gasteiger partial charge in [0.05, 0.1) is 12.2 Å². The first-order chi connectivity index (χ1) is 16.4. The van der Waals surface area contributed by atoms with E-state index in [9.17, 15) is 10.1 Å². The van der Waals surface area contributed by atoms with Gasteiger partial charge in [0.1, 0.15) is 23.1 Å². The van der Waals surface area contributed by atoms with Gasteiger partial charge in [0.15, 0.2) is 0 Å². The molecule has 0 fully saturated rings. The summed E-state index contributed by atoms with van der Waals surface area (Å²) in [6, 6.07) is 25.9. The molecule has 0 unspecified atom stereocenters. The van der Waals surface area contributed by atoms with Crippen LogP contribution in [0.25, 0.3) is 11.3 Å². The molecule has 0 spiro atoms. The maximum atomic E-state index is 13.3. The predicted octanol–water partition coefficient (Wildman–Crippen LogP) is 6.87. The molecule has 0 amide bonds. The molecule has 5 heteroatoms. The Morgan fingerprint density at radius 3 is 2.12 bits per heavy atom. The lowest BCUT2D eigenvalue weighted by atomic mass is 10.0. The van der Waals surface area contributed by atoms with Crippen molar-refractivity contribution in [3.8, 4) is 28.8 Å². The van der Waals surface area contributed by atoms with Gasteiger partial charge >= 0.3 is 0 Å². The van der Waals surface area contributed by atoms with Gasteiger partial charge in [-0.05, 0) is 104 Å². The predicted molar refractivity (Wildman–Crippen MR) is 139 cm³/mol. The Balaban J connectivity index is 1.71. The Labute approximate surface area is 204 Å². The van der Waals surface area contributed by atoms with Crippen LogP contribution in [-0.2, 0) is 6.54 Å². The average molecular weight is 467 g/mol. The van der Waals surface area contributed by atoms with Gasteiger partial charge in [0, 0.05) is 4.90 Å². The Morgan fingerprint density at radius 2 is 1.53 bits per heavy atom. The maximum Gasteiger partial charge on any atom is 0.269 e. The largest absolute Gasteiger partial charge is 0.457 e. The Kier molecular flexibility index (Phi) is 6.90. The summed E-state index contributed by atoms with van der Waals surface area (Å²) in [5, 5.41) is 9.57. The maximum absolute atomic E-state index is 13.3. The minimum absolute atomic E-state index is 0.183. The van der Waals surface area contributed by atoms with Gasteiger partial charge in [0.2, 0.25) is 0 Å². The van der Waals surface area contributed by atoms with E-state index in [1.54, 1.807) is 23.3 Å². The third-order valence-electron chi connectivity index (χ3n) is 5.88. The number of rotatable bonds is 6. The molecule has 0 atom stereocenters. The summed E-state index contributed by atoms with van der Waals surface area (Å²) < 4.78 is 7.68. The number of benzene rings is 3. The standard InChI is InChI=1S/C29H26N2O2S/c1-19-5-6-23(20(2)15-19)18-31-28(16-21(3)27(17-30)29(31)32)22-7-9-24(10-8-22)33-25-11-13-26(34-4)14-12-25/h5-16H,18H2,1-4H3. The lowest BCUT2D eigenvalue weighted by Gasteiger charge is -2.17. The number of ether oxygens (including phenoxy) is 1. The van der Waals surface area contributed by atoms with Crippen molar-refractivity contribution in [2.75, 3.05) is 6.26 Å². The van der Waals surface area contributed by atoms with E-state index >= 15 is 0 Å². The highest BCUT2D eigenvalue weighted by molar-refractivity contribution is 7.98. The van der Waals surface area contributed by atoms with E-state index in [1.807, 2.05) is 79.9 Å². The van der Waals surface area contributed by atoms with Gasteiger partial charge in [-0.15, -0.1) is 11.8 Å². The summed E-state index contributed by atoms with van der Waals surface area (Å²) >= 11 is 1.69. The monoisotopic (exact) mass is 466 g/mol. The van der Waals surface area contributed by atoms with Gasteiger partial charge in [-0.1, -0.05) is 23.8 Å². The Hall–Kier alpha value is -3.75. The molecule has 0 aliphatic carbocycles. The smallest absolute Gasteiger partial charge is 0.269 e. The van der Waals surface area contributed by atoms with Crippen LogP contribution in [0.2, 0.25) is 0 Å². The number of hydrogen-bond donors (Lipinski definition) is 0. The molecular weight excluding hydrogens is 440 g/mol. The van der Waals surface area contributed by atoms with Crippen LogP contribution >= 0.6 is 11.8 Å². The van der Waals surface area contributed by atoms with Crippen LogP contribution in [0.3, 0.4) is 0 Å². The van der Waals surface area contributed by atoms with E-state index < -0.39 is 0 Å². The van der Waals surface area contributed by atoms with E-state index in [1.165, 1.54) is 10.5 Å². The second-order valence-electron chi connectivity index (χ2n) is 8.32. The molecule has 0 aliphatic heterocycles. The number of hydrogen-bond acceptors (Lipinski definition) is 4. The summed E-state index contributed by atoms with van der Waals surface area (Å²) in [6.07, 6.45) is 2.04. The van der Waals surface area contributed by atoms with Gasteiger partial charge in [-0.3, -0.25) is 4.79 Å². The van der Waals surface area contributed by atoms with Crippen LogP contribution in [0.1, 0.15) is 27.8 Å². The van der Waals surface area contributed by atoms with Gasteiger partial charge in [-0.2, -0.15) is 5.26 Å². The zero-order valence-electron chi connectivity index (χ0n) is 19.8. The normalized spacial score (nSPS) is 10.7. The lowest BCUT2D eigenvalue weighted by molar-refractivity contribution is 0.482. The number of thioether (sulfide) groups is 1. The quantitative estimate of drug-likeness (QED) is 0.291. The van der Waals surface area contributed by atoms with Crippen molar-refractivity contribution >= 4 is 11.8 Å². The van der Waals surface area contributed by atoms with Gasteiger partial charge in [-0.25, -0.2) is 0 Å². The molecule has 0 radical (unpaired) electrons. The van der Waals surface area contributed by atoms with Crippen molar-refractivity contribution in [2.45, 2.75) is 32.2 Å². The van der Waals surface area contributed by atoms with E-state index in [-0.39, 0.29) is 11.1 Å². The Morgan fingerprint density at radius 1 is 0.882 bits per heavy atom. The molecule has 4 rings (SSSR count). The highest BCUT2D eigenvalue weighted by Crippen LogP contribution is 2.28. The molecule has 1 aromatic heterocycles. The molecule has 3 aromatic carbocycles. The third kappa shape index (κ3) is 4.93. The van der Waals surface area contributed by atoms with Crippen LogP contribution in [0.5, 0.6) is 11.5 Å². The van der Waals surface area contributed by atoms with Gasteiger partial charge in [0.25, 0.3) is 5.56 Å². The first-order valence-electron chi connectivity index (χ1n) is 11.0. The second-order valence-corrected chi connectivity index (χ2v) is 9.20. The van der Waals surface area contributed by atoms with Crippen LogP contribution in [0.4, 0.5) is 0 Å². The lowest BCUT2D eigenvalue weighted by Crippen LogP contribution is -2.26. The van der Waals surface area contributed by atoms with Crippen LogP contribution in [-0.4, -0.2) is 10.8 Å². The molecule has 0 aliphatic rings. The molecule has 0 saturated heterocycles. The van der Waals surface area contributed by atoms with Crippen molar-refractivity contribution in [3.63, 3.8) is 0 Å². The third-order valence-corrected chi connectivity index (χ3v) is 6.62. The van der Waals surface area contributed by atoms with Crippen molar-refractivity contribution in [1.82, 2.24) is 4.57 Å². The van der Waals surface area contributed by atoms with Gasteiger partial charge < -0.3 is 9.30 Å². The number of aromatic nitrogens is 1. The van der Waals surface area contributed by atoms with E-state index in [0.29, 0.717) is 17.9 Å². The minimum Gasteiger partial charge on any atom is -0.457 e. The summed E-state index contributed by atoms with van der Waals surface area (Å²) in [4.78, 5) is 14.5. The molecule has 0 bridgehead atoms. The summed E-state index contributed by atoms with van der Waals surface area (Å²) in [5.74, 6) is 1.49. The first-order valence-corrected chi connectivity index (χ1v) is 12.2. The molecule has 1 heterocycles. The van der Waals surface area contributed by atoms with Crippen molar-refractivity contribution < 1.29 is 4.74 Å². The fourth-order valence-corrected chi connectivity index (χ4v) is 4.38. The molecule has 0 saturated carbocycles. The highest BCUT2D eigenvalue weighted by Gasteiger charge is 2.15. The molecule has 34 heavy (non-hydrogen) atoms. The number of aryl methyl sites for hydroxylation is 3. The molecule has 170 valence electrons. The van der Waals surface area contributed by atoms with Crippen molar-refractivity contribution in [1.29, 1.82) is 5.26 Å². The van der Waals surface area contributed by atoms with Crippen LogP contribution in [0.15, 0.2) is 82.5 Å². The topological polar surface area (TPSA) is 55.0 Å². The average Bonchev–Trinajstić information content (AvgIpc) is 2.83. The minimum atomic E-state index is -0.272. The van der Waals surface area contributed by atoms with Crippen molar-refractivity contribution in [2.24, 2.45) is 0 Å². The van der Waals surface area contributed by atoms with Crippen LogP contribution in [0, 0.1) is 32.1 Å². The second kappa shape index (κ2) is 10.0. The van der Waals surface area contributed by atoms with Crippen molar-refractivity contribution in [3.05, 3.63) is 111 Å².